The van der Waals surface area contributed by atoms with Crippen LogP contribution < -0.4 is 19.8 Å². The standard InChI is InChI=1S/C20H18ClN3O5S2/c1-10-5-6-14-17(7-10)30-20-22-11(2)18(19(25)24(14)20)31(26,27)23-13-8-12(21)15(28-3)9-16(13)29-4/h5-9,23H,1-4H3. The van der Waals surface area contributed by atoms with Gasteiger partial charge in [0.2, 0.25) is 0 Å². The van der Waals surface area contributed by atoms with Gasteiger partial charge >= 0.3 is 0 Å². The summed E-state index contributed by atoms with van der Waals surface area (Å²) in [6.45, 7) is 3.43. The van der Waals surface area contributed by atoms with Gasteiger partial charge in [-0.2, -0.15) is 0 Å². The zero-order chi connectivity index (χ0) is 22.5. The first-order chi connectivity index (χ1) is 14.7. The highest BCUT2D eigenvalue weighted by Gasteiger charge is 2.27. The third kappa shape index (κ3) is 3.60. The summed E-state index contributed by atoms with van der Waals surface area (Å²) in [6, 6.07) is 8.38. The molecule has 0 spiro atoms. The second-order valence-electron chi connectivity index (χ2n) is 6.82. The Labute approximate surface area is 187 Å². The number of nitrogens with zero attached hydrogens (tertiary/aromatic N) is 2. The summed E-state index contributed by atoms with van der Waals surface area (Å²) < 4.78 is 41.4. The van der Waals surface area contributed by atoms with Gasteiger partial charge in [0.25, 0.3) is 15.6 Å². The summed E-state index contributed by atoms with van der Waals surface area (Å²) >= 11 is 7.47. The number of thiazole rings is 1. The van der Waals surface area contributed by atoms with Gasteiger partial charge in [-0.3, -0.25) is 9.52 Å². The third-order valence-electron chi connectivity index (χ3n) is 4.73. The van der Waals surface area contributed by atoms with E-state index in [1.807, 2.05) is 19.1 Å². The number of hydrogen-bond donors (Lipinski definition) is 1. The molecule has 0 fully saturated rings. The van der Waals surface area contributed by atoms with E-state index >= 15 is 0 Å². The van der Waals surface area contributed by atoms with E-state index in [0.717, 1.165) is 10.3 Å². The molecule has 0 saturated carbocycles. The van der Waals surface area contributed by atoms with Crippen LogP contribution >= 0.6 is 22.9 Å². The van der Waals surface area contributed by atoms with Crippen LogP contribution in [0.4, 0.5) is 5.69 Å². The lowest BCUT2D eigenvalue weighted by atomic mass is 10.2. The SMILES string of the molecule is COc1cc(OC)c(NS(=O)(=O)c2c(C)nc3sc4cc(C)ccc4n3c2=O)cc1Cl. The summed E-state index contributed by atoms with van der Waals surface area (Å²) in [5.41, 5.74) is 1.12. The molecular weight excluding hydrogens is 462 g/mol. The van der Waals surface area contributed by atoms with Gasteiger partial charge in [0, 0.05) is 6.07 Å². The van der Waals surface area contributed by atoms with Crippen LogP contribution in [0.15, 0.2) is 40.0 Å². The van der Waals surface area contributed by atoms with Gasteiger partial charge in [0.05, 0.1) is 40.8 Å². The molecule has 0 atom stereocenters. The Balaban J connectivity index is 1.91. The molecule has 0 aliphatic heterocycles. The number of fused-ring (bicyclic) bond motifs is 3. The Morgan fingerprint density at radius 2 is 1.81 bits per heavy atom. The summed E-state index contributed by atoms with van der Waals surface area (Å²) in [4.78, 5) is 17.7. The van der Waals surface area contributed by atoms with Gasteiger partial charge in [0.15, 0.2) is 9.86 Å². The maximum absolute atomic E-state index is 13.3. The Bertz CT molecular complexity index is 1510. The van der Waals surface area contributed by atoms with Crippen LogP contribution in [0.25, 0.3) is 15.2 Å². The summed E-state index contributed by atoms with van der Waals surface area (Å²) in [5, 5.41) is 0.183. The maximum atomic E-state index is 13.3. The molecule has 2 heterocycles. The molecule has 0 aliphatic rings. The van der Waals surface area contributed by atoms with Crippen molar-refractivity contribution in [2.45, 2.75) is 18.7 Å². The Morgan fingerprint density at radius 1 is 1.10 bits per heavy atom. The van der Waals surface area contributed by atoms with Crippen LogP contribution in [0.1, 0.15) is 11.3 Å². The van der Waals surface area contributed by atoms with E-state index < -0.39 is 20.5 Å². The van der Waals surface area contributed by atoms with Crippen LogP contribution in [0.5, 0.6) is 11.5 Å². The smallest absolute Gasteiger partial charge is 0.280 e. The summed E-state index contributed by atoms with van der Waals surface area (Å²) in [6.07, 6.45) is 0. The number of aryl methyl sites for hydroxylation is 2. The number of methoxy groups -OCH3 is 2. The number of benzene rings is 2. The van der Waals surface area contributed by atoms with Crippen molar-refractivity contribution in [3.05, 3.63) is 57.0 Å². The van der Waals surface area contributed by atoms with Gasteiger partial charge < -0.3 is 9.47 Å². The number of sulfonamides is 1. The number of halogens is 1. The number of nitrogens with one attached hydrogen (secondary N) is 1. The lowest BCUT2D eigenvalue weighted by Gasteiger charge is -2.14. The predicted molar refractivity (Wildman–Crippen MR) is 122 cm³/mol. The zero-order valence-corrected chi connectivity index (χ0v) is 19.4. The number of aromatic nitrogens is 2. The van der Waals surface area contributed by atoms with E-state index in [1.54, 1.807) is 6.07 Å². The second-order valence-corrected chi connectivity index (χ2v) is 9.85. The molecule has 1 N–H and O–H groups in total. The van der Waals surface area contributed by atoms with Crippen molar-refractivity contribution < 1.29 is 17.9 Å². The third-order valence-corrected chi connectivity index (χ3v) is 7.52. The molecule has 0 unspecified atom stereocenters. The van der Waals surface area contributed by atoms with Crippen molar-refractivity contribution in [3.8, 4) is 11.5 Å². The van der Waals surface area contributed by atoms with Crippen molar-refractivity contribution in [1.29, 1.82) is 0 Å². The molecule has 0 bridgehead atoms. The van der Waals surface area contributed by atoms with E-state index in [4.69, 9.17) is 21.1 Å². The van der Waals surface area contributed by atoms with Gasteiger partial charge in [-0.15, -0.1) is 0 Å². The summed E-state index contributed by atoms with van der Waals surface area (Å²) in [7, 11) is -1.49. The van der Waals surface area contributed by atoms with E-state index in [2.05, 4.69) is 9.71 Å². The van der Waals surface area contributed by atoms with Crippen LogP contribution in [-0.4, -0.2) is 32.0 Å². The van der Waals surface area contributed by atoms with Gasteiger partial charge in [0.1, 0.15) is 11.5 Å². The lowest BCUT2D eigenvalue weighted by molar-refractivity contribution is 0.396. The molecule has 0 aliphatic carbocycles. The van der Waals surface area contributed by atoms with Crippen LogP contribution in [0, 0.1) is 13.8 Å². The minimum absolute atomic E-state index is 0.0722. The molecule has 2 aromatic carbocycles. The normalized spacial score (nSPS) is 11.8. The van der Waals surface area contributed by atoms with E-state index in [0.29, 0.717) is 16.2 Å². The fraction of sp³-hybridized carbons (Fsp3) is 0.200. The summed E-state index contributed by atoms with van der Waals surface area (Å²) in [5.74, 6) is 0.508. The Hall–Kier alpha value is -2.82. The van der Waals surface area contributed by atoms with Gasteiger partial charge in [-0.05, 0) is 37.6 Å². The van der Waals surface area contributed by atoms with Gasteiger partial charge in [-0.25, -0.2) is 17.8 Å². The van der Waals surface area contributed by atoms with Crippen molar-refractivity contribution >= 4 is 53.8 Å². The average molecular weight is 480 g/mol. The first-order valence-corrected chi connectivity index (χ1v) is 11.7. The minimum Gasteiger partial charge on any atom is -0.495 e. The first kappa shape index (κ1) is 21.4. The fourth-order valence-electron chi connectivity index (χ4n) is 3.30. The molecule has 11 heteroatoms. The topological polar surface area (TPSA) is 99.0 Å². The number of ether oxygens (including phenoxy) is 2. The molecule has 0 amide bonds. The number of rotatable bonds is 5. The second kappa shape index (κ2) is 7.70. The molecule has 4 rings (SSSR count). The van der Waals surface area contributed by atoms with Crippen molar-refractivity contribution in [1.82, 2.24) is 9.38 Å². The highest BCUT2D eigenvalue weighted by Crippen LogP contribution is 2.37. The van der Waals surface area contributed by atoms with Crippen molar-refractivity contribution in [2.24, 2.45) is 0 Å². The first-order valence-electron chi connectivity index (χ1n) is 9.03. The highest BCUT2D eigenvalue weighted by atomic mass is 35.5. The molecule has 0 saturated heterocycles. The molecule has 8 nitrogen and oxygen atoms in total. The predicted octanol–water partition coefficient (Wildman–Crippen LogP) is 4.00. The molecular formula is C20H18ClN3O5S2. The quantitative estimate of drug-likeness (QED) is 0.464. The van der Waals surface area contributed by atoms with E-state index in [-0.39, 0.29) is 22.2 Å². The average Bonchev–Trinajstić information content (AvgIpc) is 3.04. The van der Waals surface area contributed by atoms with Crippen molar-refractivity contribution in [2.75, 3.05) is 18.9 Å². The monoisotopic (exact) mass is 479 g/mol. The van der Waals surface area contributed by atoms with E-state index in [1.165, 1.54) is 49.0 Å². The van der Waals surface area contributed by atoms with Crippen LogP contribution in [0.2, 0.25) is 5.02 Å². The van der Waals surface area contributed by atoms with E-state index in [9.17, 15) is 13.2 Å². The number of hydrogen-bond acceptors (Lipinski definition) is 7. The molecule has 31 heavy (non-hydrogen) atoms. The zero-order valence-electron chi connectivity index (χ0n) is 17.0. The molecule has 162 valence electrons. The highest BCUT2D eigenvalue weighted by molar-refractivity contribution is 7.92. The number of anilines is 1. The van der Waals surface area contributed by atoms with Crippen LogP contribution in [0.3, 0.4) is 0 Å². The largest absolute Gasteiger partial charge is 0.495 e. The van der Waals surface area contributed by atoms with Gasteiger partial charge in [-0.1, -0.05) is 29.0 Å². The Kier molecular flexibility index (Phi) is 5.32. The molecule has 2 aromatic heterocycles. The maximum Gasteiger partial charge on any atom is 0.280 e. The Morgan fingerprint density at radius 3 is 2.48 bits per heavy atom. The van der Waals surface area contributed by atoms with Crippen LogP contribution in [-0.2, 0) is 10.0 Å². The minimum atomic E-state index is -4.31. The molecule has 0 radical (unpaired) electrons. The molecule has 4 aromatic rings. The lowest BCUT2D eigenvalue weighted by Crippen LogP contribution is -2.27. The fourth-order valence-corrected chi connectivity index (χ4v) is 6.01. The van der Waals surface area contributed by atoms with Crippen molar-refractivity contribution in [3.63, 3.8) is 0 Å².